The highest BCUT2D eigenvalue weighted by atomic mass is 35.5. The number of nitrogens with zero attached hydrogens (tertiary/aromatic N) is 2. The third kappa shape index (κ3) is 5.41. The highest BCUT2D eigenvalue weighted by Gasteiger charge is 2.43. The molecule has 3 rings (SSSR count). The van der Waals surface area contributed by atoms with Crippen LogP contribution in [0.4, 0.5) is 27.8 Å². The first-order valence-corrected chi connectivity index (χ1v) is 9.43. The molecule has 1 fully saturated rings. The Morgan fingerprint density at radius 1 is 1.35 bits per heavy atom. The lowest BCUT2D eigenvalue weighted by molar-refractivity contribution is -0.221. The first-order chi connectivity index (χ1) is 14.6. The number of aliphatic hydroxyl groups excluding tert-OH is 1. The molecule has 1 unspecified atom stereocenters. The molecule has 0 saturated carbocycles. The molecule has 1 aromatic carbocycles. The number of carbonyl (C=O) groups is 1. The normalized spacial score (nSPS) is 18.0. The monoisotopic (exact) mass is 465 g/mol. The number of amides is 1. The maximum Gasteiger partial charge on any atom is 0.416 e. The van der Waals surface area contributed by atoms with Crippen LogP contribution >= 0.6 is 11.6 Å². The Hall–Kier alpha value is -2.50. The largest absolute Gasteiger partial charge is 0.416 e. The minimum Gasteiger partial charge on any atom is -0.394 e. The molecule has 2 N–H and O–H groups in total. The van der Waals surface area contributed by atoms with Gasteiger partial charge in [0.1, 0.15) is 17.5 Å². The minimum absolute atomic E-state index is 0.0598. The fourth-order valence-corrected chi connectivity index (χ4v) is 3.26. The number of nitrogens with one attached hydrogen (secondary N) is 1. The van der Waals surface area contributed by atoms with Crippen LogP contribution in [0.3, 0.4) is 0 Å². The minimum atomic E-state index is -4.56. The third-order valence-corrected chi connectivity index (χ3v) is 4.96. The fourth-order valence-electron chi connectivity index (χ4n) is 3.07. The first-order valence-electron chi connectivity index (χ1n) is 9.05. The van der Waals surface area contributed by atoms with Crippen LogP contribution in [0.5, 0.6) is 0 Å². The average Bonchev–Trinajstić information content (AvgIpc) is 2.73. The van der Waals surface area contributed by atoms with Gasteiger partial charge >= 0.3 is 6.18 Å². The van der Waals surface area contributed by atoms with Gasteiger partial charge in [-0.3, -0.25) is 4.79 Å². The van der Waals surface area contributed by atoms with Crippen molar-refractivity contribution in [3.8, 4) is 0 Å². The molecular weight excluding hydrogens is 449 g/mol. The zero-order valence-corrected chi connectivity index (χ0v) is 16.6. The third-order valence-electron chi connectivity index (χ3n) is 4.66. The average molecular weight is 466 g/mol. The van der Waals surface area contributed by atoms with Crippen molar-refractivity contribution in [3.05, 3.63) is 58.2 Å². The summed E-state index contributed by atoms with van der Waals surface area (Å²) in [7, 11) is 0. The smallest absolute Gasteiger partial charge is 0.394 e. The molecule has 2 heterocycles. The van der Waals surface area contributed by atoms with Crippen LogP contribution in [0.15, 0.2) is 30.5 Å². The summed E-state index contributed by atoms with van der Waals surface area (Å²) in [5.74, 6) is -2.39. The number of rotatable bonds is 5. The zero-order valence-electron chi connectivity index (χ0n) is 15.8. The Kier molecular flexibility index (Phi) is 6.97. The van der Waals surface area contributed by atoms with Crippen molar-refractivity contribution in [1.82, 2.24) is 10.3 Å². The summed E-state index contributed by atoms with van der Waals surface area (Å²) < 4.78 is 71.1. The summed E-state index contributed by atoms with van der Waals surface area (Å²) in [6, 6.07) is 2.48. The number of hydrogen-bond acceptors (Lipinski definition) is 5. The molecule has 168 valence electrons. The summed E-state index contributed by atoms with van der Waals surface area (Å²) in [5.41, 5.74) is -0.431. The van der Waals surface area contributed by atoms with Gasteiger partial charge in [-0.05, 0) is 24.3 Å². The number of ether oxygens (including phenoxy) is 1. The standard InChI is InChI=1S/C19H17ClF5N3O3/c20-13-7-26-17(28-3-4-31-16(8-28)19(23,24)25)6-11(13)18(30)27-15(9-29)12-5-10(21)1-2-14(12)22/h1-2,5-7,15-16,29H,3-4,8-9H2,(H,27,30)/t15?,16-/m1/s1. The second kappa shape index (κ2) is 9.33. The van der Waals surface area contributed by atoms with E-state index in [0.717, 1.165) is 24.4 Å². The van der Waals surface area contributed by atoms with E-state index in [-0.39, 0.29) is 35.1 Å². The molecule has 12 heteroatoms. The van der Waals surface area contributed by atoms with Gasteiger partial charge in [-0.2, -0.15) is 13.2 Å². The van der Waals surface area contributed by atoms with Crippen LogP contribution < -0.4 is 10.2 Å². The number of alkyl halides is 3. The Morgan fingerprint density at radius 3 is 2.77 bits per heavy atom. The molecule has 1 aliphatic heterocycles. The Balaban J connectivity index is 1.82. The molecule has 1 aliphatic rings. The molecule has 2 aromatic rings. The van der Waals surface area contributed by atoms with E-state index in [0.29, 0.717) is 0 Å². The maximum atomic E-state index is 14.0. The number of halogens is 6. The second-order valence-electron chi connectivity index (χ2n) is 6.74. The van der Waals surface area contributed by atoms with Crippen LogP contribution in [-0.4, -0.2) is 54.6 Å². The quantitative estimate of drug-likeness (QED) is 0.663. The molecule has 0 bridgehead atoms. The molecular formula is C19H17ClF5N3O3. The van der Waals surface area contributed by atoms with Crippen LogP contribution in [-0.2, 0) is 4.74 Å². The van der Waals surface area contributed by atoms with Crippen molar-refractivity contribution in [3.63, 3.8) is 0 Å². The van der Waals surface area contributed by atoms with Gasteiger partial charge in [0.25, 0.3) is 5.91 Å². The highest BCUT2D eigenvalue weighted by molar-refractivity contribution is 6.33. The molecule has 31 heavy (non-hydrogen) atoms. The zero-order chi connectivity index (χ0) is 22.8. The van der Waals surface area contributed by atoms with Gasteiger partial charge in [0, 0.05) is 18.3 Å². The summed E-state index contributed by atoms with van der Waals surface area (Å²) in [4.78, 5) is 18.0. The summed E-state index contributed by atoms with van der Waals surface area (Å²) in [6.07, 6.45) is -5.47. The lowest BCUT2D eigenvalue weighted by atomic mass is 10.1. The van der Waals surface area contributed by atoms with Gasteiger partial charge in [-0.25, -0.2) is 13.8 Å². The second-order valence-corrected chi connectivity index (χ2v) is 7.15. The van der Waals surface area contributed by atoms with E-state index in [9.17, 15) is 31.9 Å². The number of hydrogen-bond donors (Lipinski definition) is 2. The topological polar surface area (TPSA) is 74.7 Å². The van der Waals surface area contributed by atoms with Gasteiger partial charge in [0.05, 0.1) is 36.4 Å². The number of anilines is 1. The first kappa shape index (κ1) is 23.2. The number of aliphatic hydroxyl groups is 1. The van der Waals surface area contributed by atoms with E-state index in [1.165, 1.54) is 11.0 Å². The van der Waals surface area contributed by atoms with E-state index in [1.54, 1.807) is 0 Å². The lowest BCUT2D eigenvalue weighted by Gasteiger charge is -2.34. The number of morpholine rings is 1. The number of carbonyl (C=O) groups excluding carboxylic acids is 1. The maximum absolute atomic E-state index is 14.0. The van der Waals surface area contributed by atoms with E-state index >= 15 is 0 Å². The molecule has 0 radical (unpaired) electrons. The number of aromatic nitrogens is 1. The lowest BCUT2D eigenvalue weighted by Crippen LogP contribution is -2.49. The molecule has 1 saturated heterocycles. The summed E-state index contributed by atoms with van der Waals surface area (Å²) >= 11 is 6.02. The van der Waals surface area contributed by atoms with Crippen molar-refractivity contribution in [2.45, 2.75) is 18.3 Å². The summed E-state index contributed by atoms with van der Waals surface area (Å²) in [6.45, 7) is -1.34. The Labute approximate surface area is 178 Å². The van der Waals surface area contributed by atoms with Crippen LogP contribution in [0.2, 0.25) is 5.02 Å². The molecule has 1 aromatic heterocycles. The van der Waals surface area contributed by atoms with Gasteiger partial charge in [-0.15, -0.1) is 0 Å². The van der Waals surface area contributed by atoms with E-state index in [2.05, 4.69) is 10.3 Å². The fraction of sp³-hybridized carbons (Fsp3) is 0.368. The SMILES string of the molecule is O=C(NC(CO)c1cc(F)ccc1F)c1cc(N2CCO[C@@H](C(F)(F)F)C2)ncc1Cl. The number of pyridine rings is 1. The van der Waals surface area contributed by atoms with Crippen molar-refractivity contribution in [1.29, 1.82) is 0 Å². The predicted octanol–water partition coefficient (Wildman–Crippen LogP) is 3.24. The predicted molar refractivity (Wildman–Crippen MR) is 101 cm³/mol. The Morgan fingerprint density at radius 2 is 2.10 bits per heavy atom. The van der Waals surface area contributed by atoms with Gasteiger partial charge in [-0.1, -0.05) is 11.6 Å². The Bertz CT molecular complexity index is 960. The van der Waals surface area contributed by atoms with Crippen molar-refractivity contribution in [2.75, 3.05) is 31.2 Å². The van der Waals surface area contributed by atoms with E-state index in [4.69, 9.17) is 16.3 Å². The molecule has 0 aliphatic carbocycles. The van der Waals surface area contributed by atoms with Gasteiger partial charge in [0.2, 0.25) is 0 Å². The van der Waals surface area contributed by atoms with Crippen molar-refractivity contribution >= 4 is 23.3 Å². The van der Waals surface area contributed by atoms with Crippen molar-refractivity contribution in [2.24, 2.45) is 0 Å². The van der Waals surface area contributed by atoms with Gasteiger partial charge < -0.3 is 20.1 Å². The number of benzene rings is 1. The van der Waals surface area contributed by atoms with E-state index in [1.807, 2.05) is 0 Å². The van der Waals surface area contributed by atoms with Crippen LogP contribution in [0.1, 0.15) is 22.0 Å². The molecule has 6 nitrogen and oxygen atoms in total. The van der Waals surface area contributed by atoms with Crippen LogP contribution in [0.25, 0.3) is 0 Å². The van der Waals surface area contributed by atoms with Crippen LogP contribution in [0, 0.1) is 11.6 Å². The van der Waals surface area contributed by atoms with Crippen molar-refractivity contribution < 1.29 is 36.6 Å². The highest BCUT2D eigenvalue weighted by Crippen LogP contribution is 2.29. The van der Waals surface area contributed by atoms with Gasteiger partial charge in [0.15, 0.2) is 6.10 Å². The molecule has 1 amide bonds. The molecule has 0 spiro atoms. The summed E-state index contributed by atoms with van der Waals surface area (Å²) in [5, 5.41) is 11.8. The molecule has 2 atom stereocenters. The van der Waals surface area contributed by atoms with E-state index < -0.39 is 49.0 Å².